The van der Waals surface area contributed by atoms with Gasteiger partial charge in [-0.05, 0) is 46.5 Å². The molecule has 1 aliphatic carbocycles. The van der Waals surface area contributed by atoms with Gasteiger partial charge in [-0.25, -0.2) is 4.79 Å². The molecule has 1 heterocycles. The van der Waals surface area contributed by atoms with E-state index >= 15 is 0 Å². The molecule has 0 spiro atoms. The maximum atomic E-state index is 12.0. The number of nitrogens with zero attached hydrogens (tertiary/aromatic N) is 1. The Morgan fingerprint density at radius 2 is 1.94 bits per heavy atom. The maximum absolute atomic E-state index is 12.0. The zero-order chi connectivity index (χ0) is 12.8. The third-order valence-electron chi connectivity index (χ3n) is 3.52. The summed E-state index contributed by atoms with van der Waals surface area (Å²) in [6.45, 7) is 7.93. The Bertz CT molecular complexity index is 345. The van der Waals surface area contributed by atoms with E-state index in [9.17, 15) is 9.59 Å². The van der Waals surface area contributed by atoms with Crippen molar-refractivity contribution < 1.29 is 14.3 Å². The molecule has 0 bridgehead atoms. The van der Waals surface area contributed by atoms with Crippen LogP contribution in [0.25, 0.3) is 0 Å². The Morgan fingerprint density at radius 3 is 2.47 bits per heavy atom. The van der Waals surface area contributed by atoms with Crippen LogP contribution in [-0.2, 0) is 9.53 Å². The van der Waals surface area contributed by atoms with Crippen molar-refractivity contribution >= 4 is 11.9 Å². The molecule has 3 unspecified atom stereocenters. The van der Waals surface area contributed by atoms with Gasteiger partial charge in [0.15, 0.2) is 0 Å². The molecule has 1 aliphatic heterocycles. The second kappa shape index (κ2) is 4.00. The number of hydrogen-bond acceptors (Lipinski definition) is 3. The first kappa shape index (κ1) is 12.4. The zero-order valence-corrected chi connectivity index (χ0v) is 11.0. The second-order valence-corrected chi connectivity index (χ2v) is 6.11. The lowest BCUT2D eigenvalue weighted by atomic mass is 10.1. The summed E-state index contributed by atoms with van der Waals surface area (Å²) in [5.41, 5.74) is -0.468. The van der Waals surface area contributed by atoms with Gasteiger partial charge in [-0.1, -0.05) is 0 Å². The molecule has 4 nitrogen and oxygen atoms in total. The van der Waals surface area contributed by atoms with Gasteiger partial charge in [0.1, 0.15) is 11.4 Å². The van der Waals surface area contributed by atoms with Gasteiger partial charge in [-0.3, -0.25) is 4.79 Å². The van der Waals surface area contributed by atoms with Gasteiger partial charge in [-0.2, -0.15) is 0 Å². The van der Waals surface area contributed by atoms with Crippen LogP contribution in [0.4, 0.5) is 4.79 Å². The molecule has 1 saturated heterocycles. The average Bonchev–Trinajstić information content (AvgIpc) is 2.87. The van der Waals surface area contributed by atoms with Crippen molar-refractivity contribution in [1.29, 1.82) is 0 Å². The fourth-order valence-electron chi connectivity index (χ4n) is 2.85. The lowest BCUT2D eigenvalue weighted by Crippen LogP contribution is -2.41. The lowest BCUT2D eigenvalue weighted by Gasteiger charge is -2.29. The number of ether oxygens (including phenoxy) is 1. The number of carbonyl (C=O) groups excluding carboxylic acids is 2. The van der Waals surface area contributed by atoms with Crippen molar-refractivity contribution in [2.75, 3.05) is 6.54 Å². The van der Waals surface area contributed by atoms with Crippen LogP contribution in [0.15, 0.2) is 0 Å². The minimum atomic E-state index is -0.468. The summed E-state index contributed by atoms with van der Waals surface area (Å²) in [6.07, 6.45) is 1.77. The molecule has 3 atom stereocenters. The Labute approximate surface area is 102 Å². The summed E-state index contributed by atoms with van der Waals surface area (Å²) in [5.74, 6) is 0.647. The van der Waals surface area contributed by atoms with Crippen molar-refractivity contribution in [1.82, 2.24) is 4.90 Å². The minimum absolute atomic E-state index is 0.0602. The molecule has 0 aromatic heterocycles. The molecule has 0 N–H and O–H groups in total. The number of amides is 1. The summed E-state index contributed by atoms with van der Waals surface area (Å²) in [6, 6.07) is 0.107. The normalized spacial score (nSPS) is 31.8. The second-order valence-electron chi connectivity index (χ2n) is 6.11. The average molecular weight is 239 g/mol. The molecule has 96 valence electrons. The first-order chi connectivity index (χ1) is 7.81. The standard InChI is InChI=1S/C13H21NO3/c1-8(15)10-9-6-5-7-14(11(9)10)12(16)17-13(2,3)4/h9-11H,5-7H2,1-4H3. The number of rotatable bonds is 1. The smallest absolute Gasteiger partial charge is 0.410 e. The summed E-state index contributed by atoms with van der Waals surface area (Å²) in [4.78, 5) is 25.2. The molecule has 0 radical (unpaired) electrons. The minimum Gasteiger partial charge on any atom is -0.444 e. The number of piperidine rings is 1. The van der Waals surface area contributed by atoms with Crippen molar-refractivity contribution in [2.24, 2.45) is 11.8 Å². The van der Waals surface area contributed by atoms with Crippen LogP contribution in [0.3, 0.4) is 0 Å². The number of ketones is 1. The number of likely N-dealkylation sites (tertiary alicyclic amines) is 1. The Hall–Kier alpha value is -1.06. The predicted octanol–water partition coefficient (Wildman–Crippen LogP) is 2.22. The third-order valence-corrected chi connectivity index (χ3v) is 3.52. The summed E-state index contributed by atoms with van der Waals surface area (Å²) >= 11 is 0. The largest absolute Gasteiger partial charge is 0.444 e. The number of Topliss-reactive ketones (excluding diaryl/α,β-unsaturated/α-hetero) is 1. The van der Waals surface area contributed by atoms with E-state index < -0.39 is 5.60 Å². The quantitative estimate of drug-likeness (QED) is 0.705. The van der Waals surface area contributed by atoms with E-state index in [4.69, 9.17) is 4.74 Å². The molecular formula is C13H21NO3. The zero-order valence-electron chi connectivity index (χ0n) is 11.0. The van der Waals surface area contributed by atoms with E-state index in [1.54, 1.807) is 11.8 Å². The van der Waals surface area contributed by atoms with Crippen LogP contribution in [0.1, 0.15) is 40.5 Å². The van der Waals surface area contributed by atoms with Crippen molar-refractivity contribution in [2.45, 2.75) is 52.2 Å². The molecule has 0 aromatic carbocycles. The first-order valence-corrected chi connectivity index (χ1v) is 6.31. The summed E-state index contributed by atoms with van der Waals surface area (Å²) < 4.78 is 5.38. The van der Waals surface area contributed by atoms with Gasteiger partial charge in [-0.15, -0.1) is 0 Å². The van der Waals surface area contributed by atoms with Gasteiger partial charge in [0.05, 0.1) is 0 Å². The van der Waals surface area contributed by atoms with Crippen LogP contribution < -0.4 is 0 Å². The van der Waals surface area contributed by atoms with Crippen LogP contribution in [-0.4, -0.2) is 35.0 Å². The SMILES string of the molecule is CC(=O)C1C2CCCN(C(=O)OC(C)(C)C)C21. The number of hydrogen-bond donors (Lipinski definition) is 0. The van der Waals surface area contributed by atoms with Gasteiger partial charge in [0.2, 0.25) is 0 Å². The number of carbonyl (C=O) groups is 2. The number of fused-ring (bicyclic) bond motifs is 1. The van der Waals surface area contributed by atoms with Gasteiger partial charge in [0, 0.05) is 18.5 Å². The van der Waals surface area contributed by atoms with Crippen LogP contribution in [0.5, 0.6) is 0 Å². The third kappa shape index (κ3) is 2.45. The topological polar surface area (TPSA) is 46.6 Å². The summed E-state index contributed by atoms with van der Waals surface area (Å²) in [7, 11) is 0. The van der Waals surface area contributed by atoms with E-state index in [0.717, 1.165) is 19.4 Å². The van der Waals surface area contributed by atoms with Gasteiger partial charge in [0.25, 0.3) is 0 Å². The van der Waals surface area contributed by atoms with Crippen molar-refractivity contribution in [3.63, 3.8) is 0 Å². The Kier molecular flexibility index (Phi) is 2.92. The highest BCUT2D eigenvalue weighted by Crippen LogP contribution is 2.50. The maximum Gasteiger partial charge on any atom is 0.410 e. The van der Waals surface area contributed by atoms with E-state index in [-0.39, 0.29) is 23.8 Å². The fourth-order valence-corrected chi connectivity index (χ4v) is 2.85. The van der Waals surface area contributed by atoms with Crippen LogP contribution in [0, 0.1) is 11.8 Å². The van der Waals surface area contributed by atoms with E-state index in [0.29, 0.717) is 5.92 Å². The molecule has 0 aromatic rings. The molecule has 1 saturated carbocycles. The van der Waals surface area contributed by atoms with E-state index in [1.807, 2.05) is 20.8 Å². The van der Waals surface area contributed by atoms with E-state index in [2.05, 4.69) is 0 Å². The molecule has 4 heteroatoms. The Morgan fingerprint density at radius 1 is 1.29 bits per heavy atom. The molecular weight excluding hydrogens is 218 g/mol. The monoisotopic (exact) mass is 239 g/mol. The highest BCUT2D eigenvalue weighted by atomic mass is 16.6. The van der Waals surface area contributed by atoms with E-state index in [1.165, 1.54) is 0 Å². The highest BCUT2D eigenvalue weighted by molar-refractivity contribution is 5.84. The molecule has 2 fully saturated rings. The predicted molar refractivity (Wildman–Crippen MR) is 63.6 cm³/mol. The molecule has 2 rings (SSSR count). The molecule has 17 heavy (non-hydrogen) atoms. The highest BCUT2D eigenvalue weighted by Gasteiger charge is 2.59. The molecule has 2 aliphatic rings. The van der Waals surface area contributed by atoms with Gasteiger partial charge >= 0.3 is 6.09 Å². The summed E-state index contributed by atoms with van der Waals surface area (Å²) in [5, 5.41) is 0. The van der Waals surface area contributed by atoms with Crippen LogP contribution in [0.2, 0.25) is 0 Å². The van der Waals surface area contributed by atoms with Crippen molar-refractivity contribution in [3.05, 3.63) is 0 Å². The Balaban J connectivity index is 2.02. The first-order valence-electron chi connectivity index (χ1n) is 6.31. The van der Waals surface area contributed by atoms with Crippen LogP contribution >= 0.6 is 0 Å². The van der Waals surface area contributed by atoms with Crippen molar-refractivity contribution in [3.8, 4) is 0 Å². The fraction of sp³-hybridized carbons (Fsp3) is 0.846. The lowest BCUT2D eigenvalue weighted by molar-refractivity contribution is -0.118. The molecule has 1 amide bonds. The van der Waals surface area contributed by atoms with Gasteiger partial charge < -0.3 is 9.64 Å².